The van der Waals surface area contributed by atoms with Crippen molar-refractivity contribution in [1.82, 2.24) is 0 Å². The summed E-state index contributed by atoms with van der Waals surface area (Å²) >= 11 is 6.66. The number of sulfonamides is 1. The highest BCUT2D eigenvalue weighted by atomic mass is 79.9. The van der Waals surface area contributed by atoms with Gasteiger partial charge in [-0.2, -0.15) is 0 Å². The summed E-state index contributed by atoms with van der Waals surface area (Å²) in [4.78, 5) is 0.246. The van der Waals surface area contributed by atoms with Crippen molar-refractivity contribution in [2.24, 2.45) is 0 Å². The lowest BCUT2D eigenvalue weighted by Gasteiger charge is -2.09. The number of benzene rings is 2. The summed E-state index contributed by atoms with van der Waals surface area (Å²) < 4.78 is 28.8. The average molecular weight is 405 g/mol. The van der Waals surface area contributed by atoms with Crippen molar-refractivity contribution in [3.05, 3.63) is 57.0 Å². The molecule has 1 N–H and O–H groups in total. The predicted octanol–water partition coefficient (Wildman–Crippen LogP) is 4.32. The second-order valence-electron chi connectivity index (χ2n) is 4.02. The van der Waals surface area contributed by atoms with Gasteiger partial charge in [0.15, 0.2) is 0 Å². The van der Waals surface area contributed by atoms with E-state index in [2.05, 4.69) is 36.6 Å². The number of rotatable bonds is 3. The minimum absolute atomic E-state index is 0.246. The van der Waals surface area contributed by atoms with Gasteiger partial charge in [0.1, 0.15) is 0 Å². The summed E-state index contributed by atoms with van der Waals surface area (Å²) in [6, 6.07) is 11.9. The summed E-state index contributed by atoms with van der Waals surface area (Å²) in [6.07, 6.45) is 0. The topological polar surface area (TPSA) is 46.2 Å². The Kier molecular flexibility index (Phi) is 4.32. The van der Waals surface area contributed by atoms with Crippen LogP contribution in [0.4, 0.5) is 5.69 Å². The molecule has 0 heterocycles. The van der Waals surface area contributed by atoms with E-state index in [0.29, 0.717) is 5.69 Å². The molecule has 6 heteroatoms. The Bertz CT molecular complexity index is 697. The van der Waals surface area contributed by atoms with Crippen molar-refractivity contribution in [2.75, 3.05) is 4.72 Å². The number of anilines is 1. The number of hydrogen-bond acceptors (Lipinski definition) is 2. The van der Waals surface area contributed by atoms with Gasteiger partial charge in [0.25, 0.3) is 10.0 Å². The van der Waals surface area contributed by atoms with E-state index in [0.717, 1.165) is 14.5 Å². The molecule has 0 saturated carbocycles. The number of aryl methyl sites for hydroxylation is 1. The van der Waals surface area contributed by atoms with Gasteiger partial charge in [-0.15, -0.1) is 0 Å². The fraction of sp³-hybridized carbons (Fsp3) is 0.0769. The molecular formula is C13H11Br2NO2S. The summed E-state index contributed by atoms with van der Waals surface area (Å²) in [7, 11) is -3.55. The van der Waals surface area contributed by atoms with Crippen molar-refractivity contribution in [3.63, 3.8) is 0 Å². The lowest BCUT2D eigenvalue weighted by atomic mass is 10.2. The molecule has 2 rings (SSSR count). The third-order valence-corrected chi connectivity index (χ3v) is 5.33. The first-order chi connectivity index (χ1) is 8.88. The molecule has 0 aromatic heterocycles. The molecule has 0 unspecified atom stereocenters. The summed E-state index contributed by atoms with van der Waals surface area (Å²) in [5, 5.41) is 0. The van der Waals surface area contributed by atoms with Crippen LogP contribution in [0.2, 0.25) is 0 Å². The van der Waals surface area contributed by atoms with E-state index in [1.165, 1.54) is 0 Å². The molecule has 0 atom stereocenters. The van der Waals surface area contributed by atoms with Crippen molar-refractivity contribution in [3.8, 4) is 0 Å². The van der Waals surface area contributed by atoms with E-state index in [1.54, 1.807) is 42.5 Å². The minimum atomic E-state index is -3.55. The van der Waals surface area contributed by atoms with Crippen LogP contribution in [-0.2, 0) is 10.0 Å². The van der Waals surface area contributed by atoms with Crippen molar-refractivity contribution in [2.45, 2.75) is 11.8 Å². The van der Waals surface area contributed by atoms with E-state index in [1.807, 2.05) is 6.92 Å². The normalized spacial score (nSPS) is 11.3. The monoisotopic (exact) mass is 403 g/mol. The standard InChI is InChI=1S/C13H11Br2NO2S/c1-9-8-12(6-7-13(9)15)19(17,18)16-11-4-2-10(14)3-5-11/h2-8,16H,1H3. The average Bonchev–Trinajstić information content (AvgIpc) is 2.35. The number of hydrogen-bond donors (Lipinski definition) is 1. The SMILES string of the molecule is Cc1cc(S(=O)(=O)Nc2ccc(Br)cc2)ccc1Br. The highest BCUT2D eigenvalue weighted by molar-refractivity contribution is 9.10. The van der Waals surface area contributed by atoms with Gasteiger partial charge in [0.05, 0.1) is 4.90 Å². The predicted molar refractivity (Wildman–Crippen MR) is 83.8 cm³/mol. The van der Waals surface area contributed by atoms with Crippen LogP contribution in [-0.4, -0.2) is 8.42 Å². The Hall–Kier alpha value is -0.850. The fourth-order valence-electron chi connectivity index (χ4n) is 1.52. The quantitative estimate of drug-likeness (QED) is 0.827. The van der Waals surface area contributed by atoms with Crippen LogP contribution in [0.1, 0.15) is 5.56 Å². The molecule has 19 heavy (non-hydrogen) atoms. The zero-order chi connectivity index (χ0) is 14.0. The number of halogens is 2. The largest absolute Gasteiger partial charge is 0.280 e. The molecule has 0 radical (unpaired) electrons. The number of nitrogens with one attached hydrogen (secondary N) is 1. The Labute approximate surface area is 129 Å². The van der Waals surface area contributed by atoms with Crippen LogP contribution in [0.25, 0.3) is 0 Å². The van der Waals surface area contributed by atoms with E-state index < -0.39 is 10.0 Å². The molecule has 0 aliphatic rings. The molecule has 0 fully saturated rings. The van der Waals surface area contributed by atoms with Crippen LogP contribution in [0.5, 0.6) is 0 Å². The lowest BCUT2D eigenvalue weighted by Crippen LogP contribution is -2.13. The van der Waals surface area contributed by atoms with Gasteiger partial charge in [-0.25, -0.2) is 8.42 Å². The molecular weight excluding hydrogens is 394 g/mol. The first-order valence-electron chi connectivity index (χ1n) is 5.43. The zero-order valence-corrected chi connectivity index (χ0v) is 14.0. The van der Waals surface area contributed by atoms with Crippen LogP contribution in [0, 0.1) is 6.92 Å². The van der Waals surface area contributed by atoms with Crippen LogP contribution in [0.15, 0.2) is 56.3 Å². The third kappa shape index (κ3) is 3.58. The minimum Gasteiger partial charge on any atom is -0.280 e. The summed E-state index contributed by atoms with van der Waals surface area (Å²) in [5.74, 6) is 0. The Morgan fingerprint density at radius 1 is 1.00 bits per heavy atom. The molecule has 0 saturated heterocycles. The fourth-order valence-corrected chi connectivity index (χ4v) is 3.17. The first kappa shape index (κ1) is 14.6. The first-order valence-corrected chi connectivity index (χ1v) is 8.50. The maximum absolute atomic E-state index is 12.2. The smallest absolute Gasteiger partial charge is 0.261 e. The van der Waals surface area contributed by atoms with Crippen molar-refractivity contribution in [1.29, 1.82) is 0 Å². The van der Waals surface area contributed by atoms with Gasteiger partial charge >= 0.3 is 0 Å². The maximum Gasteiger partial charge on any atom is 0.261 e. The third-order valence-electron chi connectivity index (χ3n) is 2.54. The zero-order valence-electron chi connectivity index (χ0n) is 10.0. The molecule has 3 nitrogen and oxygen atoms in total. The molecule has 2 aromatic carbocycles. The van der Waals surface area contributed by atoms with Gasteiger partial charge in [-0.1, -0.05) is 31.9 Å². The Balaban J connectivity index is 2.32. The lowest BCUT2D eigenvalue weighted by molar-refractivity contribution is 0.601. The second-order valence-corrected chi connectivity index (χ2v) is 7.48. The maximum atomic E-state index is 12.2. The summed E-state index contributed by atoms with van der Waals surface area (Å²) in [6.45, 7) is 1.85. The molecule has 100 valence electrons. The van der Waals surface area contributed by atoms with Gasteiger partial charge in [0.2, 0.25) is 0 Å². The molecule has 0 amide bonds. The Morgan fingerprint density at radius 2 is 1.63 bits per heavy atom. The van der Waals surface area contributed by atoms with Gasteiger partial charge < -0.3 is 0 Å². The van der Waals surface area contributed by atoms with Gasteiger partial charge in [0, 0.05) is 14.6 Å². The van der Waals surface area contributed by atoms with Crippen LogP contribution in [0.3, 0.4) is 0 Å². The molecule has 0 spiro atoms. The summed E-state index contributed by atoms with van der Waals surface area (Å²) in [5.41, 5.74) is 1.41. The molecule has 2 aromatic rings. The van der Waals surface area contributed by atoms with Crippen LogP contribution < -0.4 is 4.72 Å². The second kappa shape index (κ2) is 5.64. The molecule has 0 aliphatic carbocycles. The van der Waals surface area contributed by atoms with Crippen LogP contribution >= 0.6 is 31.9 Å². The molecule has 0 bridgehead atoms. The van der Waals surface area contributed by atoms with E-state index >= 15 is 0 Å². The van der Waals surface area contributed by atoms with Crippen molar-refractivity contribution >= 4 is 47.6 Å². The van der Waals surface area contributed by atoms with Crippen molar-refractivity contribution < 1.29 is 8.42 Å². The Morgan fingerprint density at radius 3 is 2.21 bits per heavy atom. The van der Waals surface area contributed by atoms with Gasteiger partial charge in [-0.05, 0) is 55.0 Å². The van der Waals surface area contributed by atoms with Gasteiger partial charge in [-0.3, -0.25) is 4.72 Å². The highest BCUT2D eigenvalue weighted by Gasteiger charge is 2.14. The van der Waals surface area contributed by atoms with E-state index in [-0.39, 0.29) is 4.90 Å². The molecule has 0 aliphatic heterocycles. The highest BCUT2D eigenvalue weighted by Crippen LogP contribution is 2.22. The van der Waals surface area contributed by atoms with E-state index in [9.17, 15) is 8.42 Å². The van der Waals surface area contributed by atoms with E-state index in [4.69, 9.17) is 0 Å².